The van der Waals surface area contributed by atoms with Crippen molar-refractivity contribution < 1.29 is 4.79 Å². The highest BCUT2D eigenvalue weighted by atomic mass is 16.2. The molecule has 1 N–H and O–H groups in total. The molecule has 4 aromatic rings. The van der Waals surface area contributed by atoms with Crippen molar-refractivity contribution in [1.29, 1.82) is 0 Å². The molecule has 0 fully saturated rings. The van der Waals surface area contributed by atoms with Gasteiger partial charge in [-0.15, -0.1) is 0 Å². The molecule has 0 atom stereocenters. The topological polar surface area (TPSA) is 70.5 Å². The Kier molecular flexibility index (Phi) is 4.08. The number of hydrogen-bond acceptors (Lipinski definition) is 3. The van der Waals surface area contributed by atoms with Crippen LogP contribution in [0, 0.1) is 0 Å². The van der Waals surface area contributed by atoms with E-state index in [1.54, 1.807) is 26.4 Å². The maximum Gasteiger partial charge on any atom is 0.274 e. The normalized spacial score (nSPS) is 11.5. The van der Waals surface area contributed by atoms with Gasteiger partial charge in [-0.25, -0.2) is 4.98 Å². The average molecular weight is 358 g/mol. The van der Waals surface area contributed by atoms with Crippen molar-refractivity contribution in [2.45, 2.75) is 0 Å². The van der Waals surface area contributed by atoms with Crippen LogP contribution in [0.15, 0.2) is 65.6 Å². The summed E-state index contributed by atoms with van der Waals surface area (Å²) in [5.74, 6) is 0.613. The molecule has 27 heavy (non-hydrogen) atoms. The summed E-state index contributed by atoms with van der Waals surface area (Å²) in [5.41, 5.74) is 3.60. The molecule has 2 heterocycles. The Morgan fingerprint density at radius 2 is 1.89 bits per heavy atom. The van der Waals surface area contributed by atoms with Gasteiger partial charge in [-0.05, 0) is 23.8 Å². The first-order valence-electron chi connectivity index (χ1n) is 8.53. The lowest BCUT2D eigenvalue weighted by atomic mass is 10.1. The van der Waals surface area contributed by atoms with Crippen molar-refractivity contribution in [3.05, 3.63) is 76.7 Å². The fourth-order valence-corrected chi connectivity index (χ4v) is 2.99. The van der Waals surface area contributed by atoms with Gasteiger partial charge in [-0.2, -0.15) is 0 Å². The predicted molar refractivity (Wildman–Crippen MR) is 106 cm³/mol. The monoisotopic (exact) mass is 358 g/mol. The molecule has 4 rings (SSSR count). The van der Waals surface area contributed by atoms with Crippen LogP contribution < -0.4 is 5.56 Å². The number of rotatable bonds is 3. The summed E-state index contributed by atoms with van der Waals surface area (Å²) in [4.78, 5) is 33.1. The molecule has 6 heteroatoms. The molecule has 2 aromatic carbocycles. The maximum absolute atomic E-state index is 12.4. The number of nitrogens with zero attached hydrogens (tertiary/aromatic N) is 3. The van der Waals surface area contributed by atoms with Crippen LogP contribution in [-0.4, -0.2) is 39.3 Å². The van der Waals surface area contributed by atoms with Gasteiger partial charge in [-0.1, -0.05) is 36.4 Å². The summed E-state index contributed by atoms with van der Waals surface area (Å²) in [6.45, 7) is 0. The molecule has 0 aliphatic rings. The Morgan fingerprint density at radius 1 is 1.11 bits per heavy atom. The second-order valence-electron chi connectivity index (χ2n) is 6.47. The SMILES string of the molecule is CN(C)C(=O)/C=C/c1ccc2[nH]c(=O)c3cnc(-c4ccccc4)n3c2c1. The molecule has 0 spiro atoms. The molecule has 0 radical (unpaired) electrons. The Hall–Kier alpha value is -3.67. The van der Waals surface area contributed by atoms with Gasteiger partial charge in [0.05, 0.1) is 17.2 Å². The lowest BCUT2D eigenvalue weighted by molar-refractivity contribution is -0.123. The molecular formula is C21H18N4O2. The summed E-state index contributed by atoms with van der Waals surface area (Å²) in [7, 11) is 3.41. The van der Waals surface area contributed by atoms with Gasteiger partial charge in [0.1, 0.15) is 11.3 Å². The van der Waals surface area contributed by atoms with Crippen LogP contribution in [0.2, 0.25) is 0 Å². The first-order valence-corrected chi connectivity index (χ1v) is 8.53. The fraction of sp³-hybridized carbons (Fsp3) is 0.0952. The summed E-state index contributed by atoms with van der Waals surface area (Å²) in [6.07, 6.45) is 4.87. The van der Waals surface area contributed by atoms with Crippen LogP contribution in [0.5, 0.6) is 0 Å². The first-order chi connectivity index (χ1) is 13.0. The number of aromatic amines is 1. The second-order valence-corrected chi connectivity index (χ2v) is 6.47. The van der Waals surface area contributed by atoms with Crippen molar-refractivity contribution >= 4 is 28.5 Å². The number of amides is 1. The van der Waals surface area contributed by atoms with E-state index in [1.165, 1.54) is 11.0 Å². The molecule has 0 unspecified atom stereocenters. The summed E-state index contributed by atoms with van der Waals surface area (Å²) < 4.78 is 1.86. The lowest BCUT2D eigenvalue weighted by Crippen LogP contribution is -2.18. The molecule has 134 valence electrons. The zero-order valence-electron chi connectivity index (χ0n) is 15.0. The number of likely N-dealkylation sites (N-methyl/N-ethyl adjacent to an activating group) is 1. The van der Waals surface area contributed by atoms with E-state index in [4.69, 9.17) is 0 Å². The minimum atomic E-state index is -0.191. The van der Waals surface area contributed by atoms with Crippen LogP contribution >= 0.6 is 0 Å². The fourth-order valence-electron chi connectivity index (χ4n) is 2.99. The first kappa shape index (κ1) is 16.8. The van der Waals surface area contributed by atoms with E-state index < -0.39 is 0 Å². The smallest absolute Gasteiger partial charge is 0.274 e. The van der Waals surface area contributed by atoms with E-state index >= 15 is 0 Å². The van der Waals surface area contributed by atoms with Gasteiger partial charge < -0.3 is 9.88 Å². The molecule has 6 nitrogen and oxygen atoms in total. The van der Waals surface area contributed by atoms with Crippen molar-refractivity contribution in [3.63, 3.8) is 0 Å². The van der Waals surface area contributed by atoms with Crippen molar-refractivity contribution in [3.8, 4) is 11.4 Å². The van der Waals surface area contributed by atoms with Crippen molar-refractivity contribution in [1.82, 2.24) is 19.3 Å². The zero-order valence-corrected chi connectivity index (χ0v) is 15.0. The number of imidazole rings is 1. The maximum atomic E-state index is 12.4. The van der Waals surface area contributed by atoms with Crippen LogP contribution in [0.25, 0.3) is 34.0 Å². The number of benzene rings is 2. The molecule has 0 aliphatic carbocycles. The number of hydrogen-bond donors (Lipinski definition) is 1. The van der Waals surface area contributed by atoms with Crippen molar-refractivity contribution in [2.24, 2.45) is 0 Å². The average Bonchev–Trinajstić information content (AvgIpc) is 3.13. The van der Waals surface area contributed by atoms with Gasteiger partial charge in [0.15, 0.2) is 0 Å². The van der Waals surface area contributed by atoms with Crippen LogP contribution in [0.4, 0.5) is 0 Å². The molecule has 0 saturated carbocycles. The van der Waals surface area contributed by atoms with Crippen LogP contribution in [-0.2, 0) is 4.79 Å². The second kappa shape index (κ2) is 6.57. The Balaban J connectivity index is 1.95. The number of carbonyl (C=O) groups excluding carboxylic acids is 1. The Bertz CT molecular complexity index is 1230. The van der Waals surface area contributed by atoms with Gasteiger partial charge in [-0.3, -0.25) is 14.0 Å². The number of H-pyrrole nitrogens is 1. The summed E-state index contributed by atoms with van der Waals surface area (Å²) >= 11 is 0. The highest BCUT2D eigenvalue weighted by Crippen LogP contribution is 2.23. The Morgan fingerprint density at radius 3 is 2.63 bits per heavy atom. The largest absolute Gasteiger partial charge is 0.345 e. The van der Waals surface area contributed by atoms with E-state index in [-0.39, 0.29) is 11.5 Å². The van der Waals surface area contributed by atoms with Crippen molar-refractivity contribution in [2.75, 3.05) is 14.1 Å². The third-order valence-electron chi connectivity index (χ3n) is 4.40. The number of carbonyl (C=O) groups is 1. The van der Waals surface area contributed by atoms with Crippen LogP contribution in [0.3, 0.4) is 0 Å². The standard InChI is InChI=1S/C21H18N4O2/c1-24(2)19(26)11-9-14-8-10-16-17(12-14)25-18(21(27)23-16)13-22-20(25)15-6-4-3-5-7-15/h3-13H,1-2H3,(H,23,27)/b11-9+. The van der Waals surface area contributed by atoms with Crippen LogP contribution in [0.1, 0.15) is 5.56 Å². The summed E-state index contributed by atoms with van der Waals surface area (Å²) in [5, 5.41) is 0. The molecule has 2 aromatic heterocycles. The van der Waals surface area contributed by atoms with Gasteiger partial charge in [0.25, 0.3) is 5.56 Å². The predicted octanol–water partition coefficient (Wildman–Crippen LogP) is 2.94. The number of nitrogens with one attached hydrogen (secondary N) is 1. The van der Waals surface area contributed by atoms with E-state index in [0.29, 0.717) is 16.9 Å². The Labute approximate surface area is 155 Å². The molecular weight excluding hydrogens is 340 g/mol. The van der Waals surface area contributed by atoms with E-state index in [2.05, 4.69) is 9.97 Å². The molecule has 0 bridgehead atoms. The minimum absolute atomic E-state index is 0.0886. The lowest BCUT2D eigenvalue weighted by Gasteiger charge is -2.08. The molecule has 0 aliphatic heterocycles. The number of fused-ring (bicyclic) bond motifs is 3. The molecule has 1 amide bonds. The third kappa shape index (κ3) is 3.01. The highest BCUT2D eigenvalue weighted by molar-refractivity contribution is 5.92. The minimum Gasteiger partial charge on any atom is -0.345 e. The third-order valence-corrected chi connectivity index (χ3v) is 4.40. The quantitative estimate of drug-likeness (QED) is 0.573. The molecule has 0 saturated heterocycles. The van der Waals surface area contributed by atoms with Gasteiger partial charge in [0, 0.05) is 25.7 Å². The van der Waals surface area contributed by atoms with Gasteiger partial charge in [0.2, 0.25) is 5.91 Å². The van der Waals surface area contributed by atoms with E-state index in [9.17, 15) is 9.59 Å². The highest BCUT2D eigenvalue weighted by Gasteiger charge is 2.12. The van der Waals surface area contributed by atoms with E-state index in [1.807, 2.05) is 52.9 Å². The van der Waals surface area contributed by atoms with E-state index in [0.717, 1.165) is 16.6 Å². The number of aromatic nitrogens is 3. The zero-order chi connectivity index (χ0) is 19.0. The summed E-state index contributed by atoms with van der Waals surface area (Å²) in [6, 6.07) is 15.4. The van der Waals surface area contributed by atoms with Gasteiger partial charge >= 0.3 is 0 Å².